The molecule has 0 aliphatic rings. The van der Waals surface area contributed by atoms with Gasteiger partial charge in [-0.15, -0.1) is 11.3 Å². The molecule has 3 rings (SSSR count). The third kappa shape index (κ3) is 2.93. The number of hydrogen-bond donors (Lipinski definition) is 1. The number of hydrogen-bond acceptors (Lipinski definition) is 6. The predicted molar refractivity (Wildman–Crippen MR) is 79.5 cm³/mol. The van der Waals surface area contributed by atoms with Gasteiger partial charge in [-0.2, -0.15) is 0 Å². The Morgan fingerprint density at radius 1 is 1.43 bits per heavy atom. The van der Waals surface area contributed by atoms with E-state index in [1.807, 2.05) is 25.1 Å². The number of nitrogens with zero attached hydrogens (tertiary/aromatic N) is 2. The molecule has 21 heavy (non-hydrogen) atoms. The molecular formula is C14H13N3O3S. The molecule has 0 radical (unpaired) electrons. The number of carbonyl (C=O) groups excluding carboxylic acids is 1. The minimum absolute atomic E-state index is 0.225. The second-order valence-electron chi connectivity index (χ2n) is 4.48. The van der Waals surface area contributed by atoms with Gasteiger partial charge in [-0.3, -0.25) is 4.79 Å². The highest BCUT2D eigenvalue weighted by Gasteiger charge is 2.13. The van der Waals surface area contributed by atoms with Crippen LogP contribution in [0.5, 0.6) is 0 Å². The Morgan fingerprint density at radius 3 is 3.10 bits per heavy atom. The van der Waals surface area contributed by atoms with Gasteiger partial charge in [0.25, 0.3) is 5.91 Å². The zero-order valence-electron chi connectivity index (χ0n) is 11.5. The number of anilines is 1. The maximum Gasteiger partial charge on any atom is 0.277 e. The number of nitrogens with one attached hydrogen (secondary N) is 1. The molecule has 1 aromatic carbocycles. The van der Waals surface area contributed by atoms with E-state index in [0.29, 0.717) is 11.4 Å². The Kier molecular flexibility index (Phi) is 3.68. The Morgan fingerprint density at radius 2 is 2.29 bits per heavy atom. The predicted octanol–water partition coefficient (Wildman–Crippen LogP) is 2.99. The van der Waals surface area contributed by atoms with E-state index in [1.54, 1.807) is 24.5 Å². The van der Waals surface area contributed by atoms with E-state index in [0.717, 1.165) is 15.2 Å². The van der Waals surface area contributed by atoms with Crippen molar-refractivity contribution in [3.63, 3.8) is 0 Å². The van der Waals surface area contributed by atoms with Crippen molar-refractivity contribution in [1.82, 2.24) is 10.1 Å². The van der Waals surface area contributed by atoms with Crippen LogP contribution >= 0.6 is 11.3 Å². The molecule has 0 fully saturated rings. The molecule has 6 nitrogen and oxygen atoms in total. The second-order valence-corrected chi connectivity index (χ2v) is 5.72. The van der Waals surface area contributed by atoms with Crippen molar-refractivity contribution >= 4 is 33.1 Å². The lowest BCUT2D eigenvalue weighted by atomic mass is 10.3. The number of rotatable bonds is 4. The van der Waals surface area contributed by atoms with Crippen LogP contribution in [0.25, 0.3) is 10.2 Å². The first-order chi connectivity index (χ1) is 10.2. The molecule has 7 heteroatoms. The smallest absolute Gasteiger partial charge is 0.277 e. The molecule has 0 aliphatic carbocycles. The van der Waals surface area contributed by atoms with Gasteiger partial charge in [0.2, 0.25) is 0 Å². The number of thiazole rings is 1. The summed E-state index contributed by atoms with van der Waals surface area (Å²) in [4.78, 5) is 16.5. The van der Waals surface area contributed by atoms with E-state index in [2.05, 4.69) is 15.5 Å². The molecule has 0 spiro atoms. The summed E-state index contributed by atoms with van der Waals surface area (Å²) in [5.41, 5.74) is 1.86. The summed E-state index contributed by atoms with van der Waals surface area (Å²) in [5.74, 6) is 0.192. The van der Waals surface area contributed by atoms with Gasteiger partial charge >= 0.3 is 0 Å². The quantitative estimate of drug-likeness (QED) is 0.801. The van der Waals surface area contributed by atoms with Gasteiger partial charge in [-0.25, -0.2) is 4.98 Å². The van der Waals surface area contributed by atoms with Crippen molar-refractivity contribution in [2.45, 2.75) is 13.5 Å². The van der Waals surface area contributed by atoms with E-state index >= 15 is 0 Å². The van der Waals surface area contributed by atoms with Crippen LogP contribution in [0.4, 0.5) is 5.69 Å². The molecule has 0 aliphatic heterocycles. The van der Waals surface area contributed by atoms with Crippen molar-refractivity contribution in [1.29, 1.82) is 0 Å². The Hall–Kier alpha value is -2.25. The lowest BCUT2D eigenvalue weighted by molar-refractivity contribution is 0.101. The summed E-state index contributed by atoms with van der Waals surface area (Å²) in [6.45, 7) is 2.24. The van der Waals surface area contributed by atoms with Crippen LogP contribution in [0.15, 0.2) is 28.8 Å². The number of ether oxygens (including phenoxy) is 1. The second kappa shape index (κ2) is 5.63. The van der Waals surface area contributed by atoms with Crippen LogP contribution in [0.1, 0.15) is 21.3 Å². The van der Waals surface area contributed by atoms with E-state index in [9.17, 15) is 4.79 Å². The molecule has 0 unspecified atom stereocenters. The normalized spacial score (nSPS) is 11.0. The maximum atomic E-state index is 12.1. The molecule has 0 bridgehead atoms. The molecular weight excluding hydrogens is 290 g/mol. The third-order valence-corrected chi connectivity index (χ3v) is 3.77. The average molecular weight is 303 g/mol. The van der Waals surface area contributed by atoms with Crippen LogP contribution in [-0.4, -0.2) is 23.2 Å². The Balaban J connectivity index is 1.78. The molecule has 2 heterocycles. The highest BCUT2D eigenvalue weighted by atomic mass is 32.1. The first kappa shape index (κ1) is 13.7. The molecule has 1 amide bonds. The number of amides is 1. The zero-order chi connectivity index (χ0) is 14.8. The van der Waals surface area contributed by atoms with E-state index in [4.69, 9.17) is 9.26 Å². The Bertz CT molecular complexity index is 794. The molecule has 1 N–H and O–H groups in total. The number of aryl methyl sites for hydroxylation is 1. The third-order valence-electron chi connectivity index (χ3n) is 2.83. The fraction of sp³-hybridized carbons (Fsp3) is 0.214. The van der Waals surface area contributed by atoms with Crippen molar-refractivity contribution in [2.75, 3.05) is 12.4 Å². The van der Waals surface area contributed by atoms with Crippen molar-refractivity contribution in [3.8, 4) is 0 Å². The van der Waals surface area contributed by atoms with E-state index in [1.165, 1.54) is 0 Å². The van der Waals surface area contributed by atoms with Gasteiger partial charge < -0.3 is 14.6 Å². The summed E-state index contributed by atoms with van der Waals surface area (Å²) in [6.07, 6.45) is 0. The summed E-state index contributed by atoms with van der Waals surface area (Å²) in [7, 11) is 1.55. The molecule has 0 saturated heterocycles. The molecule has 0 saturated carbocycles. The van der Waals surface area contributed by atoms with E-state index < -0.39 is 0 Å². The van der Waals surface area contributed by atoms with Crippen LogP contribution in [0.2, 0.25) is 0 Å². The molecule has 2 aromatic heterocycles. The lowest BCUT2D eigenvalue weighted by Gasteiger charge is -2.02. The summed E-state index contributed by atoms with van der Waals surface area (Å²) in [5, 5.41) is 7.51. The number of fused-ring (bicyclic) bond motifs is 1. The zero-order valence-corrected chi connectivity index (χ0v) is 12.4. The number of aromatic nitrogens is 2. The number of carbonyl (C=O) groups is 1. The fourth-order valence-electron chi connectivity index (χ4n) is 1.94. The molecule has 3 aromatic rings. The van der Waals surface area contributed by atoms with Gasteiger partial charge in [-0.05, 0) is 25.1 Å². The average Bonchev–Trinajstić information content (AvgIpc) is 3.04. The molecule has 108 valence electrons. The van der Waals surface area contributed by atoms with Gasteiger partial charge in [-0.1, -0.05) is 5.16 Å². The van der Waals surface area contributed by atoms with Crippen molar-refractivity contribution in [3.05, 3.63) is 40.7 Å². The van der Waals surface area contributed by atoms with E-state index in [-0.39, 0.29) is 18.2 Å². The van der Waals surface area contributed by atoms with Crippen molar-refractivity contribution < 1.29 is 14.1 Å². The standard InChI is InChI=1S/C14H13N3O3S/c1-8-15-11-4-3-9(5-13(11)21-8)16-14(18)12-6-10(7-19-2)20-17-12/h3-6H,7H2,1-2H3,(H,16,18). The van der Waals surface area contributed by atoms with Crippen molar-refractivity contribution in [2.24, 2.45) is 0 Å². The topological polar surface area (TPSA) is 77.2 Å². The SMILES string of the molecule is COCc1cc(C(=O)Nc2ccc3nc(C)sc3c2)no1. The highest BCUT2D eigenvalue weighted by Crippen LogP contribution is 2.25. The van der Waals surface area contributed by atoms with Crippen LogP contribution in [0, 0.1) is 6.92 Å². The minimum atomic E-state index is -0.318. The summed E-state index contributed by atoms with van der Waals surface area (Å²) < 4.78 is 10.9. The first-order valence-electron chi connectivity index (χ1n) is 6.29. The van der Waals surface area contributed by atoms with Gasteiger partial charge in [0, 0.05) is 18.9 Å². The number of methoxy groups -OCH3 is 1. The fourth-order valence-corrected chi connectivity index (χ4v) is 2.81. The van der Waals surface area contributed by atoms with Gasteiger partial charge in [0.05, 0.1) is 15.2 Å². The first-order valence-corrected chi connectivity index (χ1v) is 7.10. The van der Waals surface area contributed by atoms with Crippen LogP contribution < -0.4 is 5.32 Å². The van der Waals surface area contributed by atoms with Gasteiger partial charge in [0.15, 0.2) is 11.5 Å². The monoisotopic (exact) mass is 303 g/mol. The van der Waals surface area contributed by atoms with Gasteiger partial charge in [0.1, 0.15) is 6.61 Å². The number of benzene rings is 1. The highest BCUT2D eigenvalue weighted by molar-refractivity contribution is 7.18. The maximum absolute atomic E-state index is 12.1. The lowest BCUT2D eigenvalue weighted by Crippen LogP contribution is -2.12. The van der Waals surface area contributed by atoms with Crippen LogP contribution in [0.3, 0.4) is 0 Å². The Labute approximate surface area is 124 Å². The minimum Gasteiger partial charge on any atom is -0.377 e. The largest absolute Gasteiger partial charge is 0.377 e. The van der Waals surface area contributed by atoms with Crippen LogP contribution in [-0.2, 0) is 11.3 Å². The summed E-state index contributed by atoms with van der Waals surface area (Å²) in [6, 6.07) is 7.16. The summed E-state index contributed by atoms with van der Waals surface area (Å²) >= 11 is 1.59. The molecule has 0 atom stereocenters.